The van der Waals surface area contributed by atoms with Crippen LogP contribution in [0.3, 0.4) is 0 Å². The van der Waals surface area contributed by atoms with Gasteiger partial charge in [0.05, 0.1) is 11.3 Å². The van der Waals surface area contributed by atoms with Gasteiger partial charge in [-0.1, -0.05) is 6.92 Å². The Morgan fingerprint density at radius 2 is 2.55 bits per heavy atom. The first kappa shape index (κ1) is 8.81. The summed E-state index contributed by atoms with van der Waals surface area (Å²) in [4.78, 5) is 3.86. The first-order valence-electron chi connectivity index (χ1n) is 3.80. The summed E-state index contributed by atoms with van der Waals surface area (Å²) in [5.74, 6) is 0. The molecule has 1 saturated heterocycles. The van der Waals surface area contributed by atoms with E-state index in [2.05, 4.69) is 34.6 Å². The molecule has 62 valence electrons. The standard InChI is InChI=1S/C7H12N2OS/c1-2-6-3-8-4-7(10-6)9-5-11/h6-8H,2-4H2,1H3. The first-order valence-corrected chi connectivity index (χ1v) is 4.20. The van der Waals surface area contributed by atoms with Crippen molar-refractivity contribution in [3.8, 4) is 0 Å². The number of rotatable bonds is 2. The Bertz CT molecular complexity index is 168. The SMILES string of the molecule is CCC1CNCC(N=C=S)O1. The van der Waals surface area contributed by atoms with E-state index in [1.165, 1.54) is 0 Å². The number of aliphatic imine (C=N–C) groups is 1. The van der Waals surface area contributed by atoms with Crippen molar-refractivity contribution in [1.82, 2.24) is 5.32 Å². The molecule has 0 spiro atoms. The quantitative estimate of drug-likeness (QED) is 0.494. The van der Waals surface area contributed by atoms with Gasteiger partial charge in [0, 0.05) is 13.1 Å². The average Bonchev–Trinajstić information content (AvgIpc) is 2.06. The smallest absolute Gasteiger partial charge is 0.170 e. The Morgan fingerprint density at radius 3 is 3.18 bits per heavy atom. The van der Waals surface area contributed by atoms with Crippen LogP contribution in [0.4, 0.5) is 0 Å². The molecule has 0 amide bonds. The highest BCUT2D eigenvalue weighted by Gasteiger charge is 2.18. The number of morpholine rings is 1. The maximum atomic E-state index is 5.52. The van der Waals surface area contributed by atoms with Crippen molar-refractivity contribution in [2.24, 2.45) is 4.99 Å². The van der Waals surface area contributed by atoms with Crippen molar-refractivity contribution < 1.29 is 4.74 Å². The summed E-state index contributed by atoms with van der Waals surface area (Å²) in [6, 6.07) is 0. The van der Waals surface area contributed by atoms with Gasteiger partial charge in [0.25, 0.3) is 0 Å². The zero-order chi connectivity index (χ0) is 8.10. The Hall–Kier alpha value is -0.280. The van der Waals surface area contributed by atoms with Crippen LogP contribution in [0.25, 0.3) is 0 Å². The van der Waals surface area contributed by atoms with Crippen molar-refractivity contribution in [2.45, 2.75) is 25.7 Å². The number of hydrogen-bond donors (Lipinski definition) is 1. The molecule has 11 heavy (non-hydrogen) atoms. The fourth-order valence-electron chi connectivity index (χ4n) is 1.06. The number of nitrogens with one attached hydrogen (secondary N) is 1. The molecule has 0 aromatic carbocycles. The highest BCUT2D eigenvalue weighted by Crippen LogP contribution is 2.06. The Balaban J connectivity index is 2.38. The van der Waals surface area contributed by atoms with E-state index in [0.29, 0.717) is 0 Å². The third kappa shape index (κ3) is 2.67. The van der Waals surface area contributed by atoms with Gasteiger partial charge in [-0.3, -0.25) is 0 Å². The van der Waals surface area contributed by atoms with E-state index in [0.717, 1.165) is 19.5 Å². The molecule has 1 rings (SSSR count). The summed E-state index contributed by atoms with van der Waals surface area (Å²) in [6.07, 6.45) is 1.17. The van der Waals surface area contributed by atoms with E-state index in [1.54, 1.807) is 0 Å². The number of isothiocyanates is 1. The molecule has 1 heterocycles. The summed E-state index contributed by atoms with van der Waals surface area (Å²) < 4.78 is 5.52. The van der Waals surface area contributed by atoms with Gasteiger partial charge < -0.3 is 10.1 Å². The number of ether oxygens (including phenoxy) is 1. The Labute approximate surface area is 71.8 Å². The number of hydrogen-bond acceptors (Lipinski definition) is 4. The van der Waals surface area contributed by atoms with Crippen molar-refractivity contribution in [2.75, 3.05) is 13.1 Å². The van der Waals surface area contributed by atoms with Crippen LogP contribution >= 0.6 is 12.2 Å². The highest BCUT2D eigenvalue weighted by atomic mass is 32.1. The van der Waals surface area contributed by atoms with Crippen LogP contribution < -0.4 is 5.32 Å². The summed E-state index contributed by atoms with van der Waals surface area (Å²) in [7, 11) is 0. The van der Waals surface area contributed by atoms with Gasteiger partial charge >= 0.3 is 0 Å². The Kier molecular flexibility index (Phi) is 3.66. The second-order valence-corrected chi connectivity index (χ2v) is 2.68. The van der Waals surface area contributed by atoms with Crippen LogP contribution in [0.15, 0.2) is 4.99 Å². The lowest BCUT2D eigenvalue weighted by molar-refractivity contribution is -0.0327. The van der Waals surface area contributed by atoms with Crippen LogP contribution in [0.1, 0.15) is 13.3 Å². The minimum absolute atomic E-state index is 0.119. The molecule has 0 bridgehead atoms. The molecule has 3 nitrogen and oxygen atoms in total. The average molecular weight is 172 g/mol. The second kappa shape index (κ2) is 4.57. The van der Waals surface area contributed by atoms with Gasteiger partial charge in [-0.2, -0.15) is 4.99 Å². The van der Waals surface area contributed by atoms with Crippen LogP contribution in [-0.2, 0) is 4.74 Å². The molecule has 0 aliphatic carbocycles. The topological polar surface area (TPSA) is 33.6 Å². The molecule has 1 aliphatic heterocycles. The number of thiocarbonyl (C=S) groups is 1. The molecule has 2 atom stereocenters. The van der Waals surface area contributed by atoms with E-state index in [-0.39, 0.29) is 12.3 Å². The zero-order valence-corrected chi connectivity index (χ0v) is 7.36. The fraction of sp³-hybridized carbons (Fsp3) is 0.857. The third-order valence-corrected chi connectivity index (χ3v) is 1.80. The van der Waals surface area contributed by atoms with Crippen molar-refractivity contribution >= 4 is 17.4 Å². The highest BCUT2D eigenvalue weighted by molar-refractivity contribution is 7.78. The van der Waals surface area contributed by atoms with Crippen molar-refractivity contribution in [1.29, 1.82) is 0 Å². The fourth-order valence-corrected chi connectivity index (χ4v) is 1.18. The van der Waals surface area contributed by atoms with Crippen LogP contribution in [0.2, 0.25) is 0 Å². The van der Waals surface area contributed by atoms with Gasteiger partial charge in [-0.25, -0.2) is 0 Å². The summed E-state index contributed by atoms with van der Waals surface area (Å²) in [5, 5.41) is 5.54. The second-order valence-electron chi connectivity index (χ2n) is 2.50. The molecule has 2 unspecified atom stereocenters. The first-order chi connectivity index (χ1) is 5.36. The van der Waals surface area contributed by atoms with E-state index in [9.17, 15) is 0 Å². The van der Waals surface area contributed by atoms with Crippen LogP contribution in [0.5, 0.6) is 0 Å². The molecule has 1 N–H and O–H groups in total. The molecular weight excluding hydrogens is 160 g/mol. The molecular formula is C7H12N2OS. The minimum atomic E-state index is -0.119. The predicted molar refractivity (Wildman–Crippen MR) is 46.8 cm³/mol. The van der Waals surface area contributed by atoms with Crippen molar-refractivity contribution in [3.63, 3.8) is 0 Å². The molecule has 4 heteroatoms. The summed E-state index contributed by atoms with van der Waals surface area (Å²) >= 11 is 4.48. The van der Waals surface area contributed by atoms with E-state index < -0.39 is 0 Å². The summed E-state index contributed by atoms with van der Waals surface area (Å²) in [6.45, 7) is 3.76. The lowest BCUT2D eigenvalue weighted by Crippen LogP contribution is -2.43. The van der Waals surface area contributed by atoms with Gasteiger partial charge in [0.15, 0.2) is 6.23 Å². The van der Waals surface area contributed by atoms with Gasteiger partial charge in [-0.15, -0.1) is 0 Å². The molecule has 0 saturated carbocycles. The van der Waals surface area contributed by atoms with Gasteiger partial charge in [-0.05, 0) is 18.6 Å². The van der Waals surface area contributed by atoms with Crippen molar-refractivity contribution in [3.05, 3.63) is 0 Å². The molecule has 0 aromatic rings. The maximum Gasteiger partial charge on any atom is 0.170 e. The normalized spacial score (nSPS) is 31.0. The van der Waals surface area contributed by atoms with E-state index in [1.807, 2.05) is 0 Å². The largest absolute Gasteiger partial charge is 0.350 e. The van der Waals surface area contributed by atoms with Crippen LogP contribution in [-0.4, -0.2) is 30.6 Å². The van der Waals surface area contributed by atoms with Gasteiger partial charge in [0.2, 0.25) is 0 Å². The summed E-state index contributed by atoms with van der Waals surface area (Å²) in [5.41, 5.74) is 0. The van der Waals surface area contributed by atoms with Gasteiger partial charge in [0.1, 0.15) is 0 Å². The lowest BCUT2D eigenvalue weighted by atomic mass is 10.2. The zero-order valence-electron chi connectivity index (χ0n) is 6.54. The van der Waals surface area contributed by atoms with E-state index >= 15 is 0 Å². The number of nitrogens with zero attached hydrogens (tertiary/aromatic N) is 1. The monoisotopic (exact) mass is 172 g/mol. The molecule has 1 aliphatic rings. The lowest BCUT2D eigenvalue weighted by Gasteiger charge is -2.26. The predicted octanol–water partition coefficient (Wildman–Crippen LogP) is 0.814. The minimum Gasteiger partial charge on any atom is -0.350 e. The maximum absolute atomic E-state index is 5.52. The van der Waals surface area contributed by atoms with Crippen LogP contribution in [0, 0.1) is 0 Å². The van der Waals surface area contributed by atoms with E-state index in [4.69, 9.17) is 4.74 Å². The Morgan fingerprint density at radius 1 is 1.73 bits per heavy atom. The molecule has 1 fully saturated rings. The third-order valence-electron chi connectivity index (χ3n) is 1.69. The molecule has 0 aromatic heterocycles. The molecule has 0 radical (unpaired) electrons.